The highest BCUT2D eigenvalue weighted by atomic mass is 35.5. The molecular formula is C14H10ClFN2O2. The number of anilines is 1. The molecule has 0 saturated carbocycles. The van der Waals surface area contributed by atoms with Crippen LogP contribution in [0.2, 0.25) is 5.02 Å². The number of carbonyl (C=O) groups excluding carboxylic acids is 1. The predicted octanol–water partition coefficient (Wildman–Crippen LogP) is 4.06. The van der Waals surface area contributed by atoms with Crippen molar-refractivity contribution in [2.24, 2.45) is 5.16 Å². The van der Waals surface area contributed by atoms with Crippen molar-refractivity contribution in [3.63, 3.8) is 0 Å². The van der Waals surface area contributed by atoms with Crippen LogP contribution >= 0.6 is 11.6 Å². The van der Waals surface area contributed by atoms with Crippen molar-refractivity contribution in [2.75, 3.05) is 5.32 Å². The number of hydrogen-bond acceptors (Lipinski definition) is 3. The molecule has 0 atom stereocenters. The van der Waals surface area contributed by atoms with Gasteiger partial charge in [-0.05, 0) is 35.9 Å². The number of carbonyl (C=O) groups is 1. The smallest absolute Gasteiger partial charge is 0.298 e. The molecule has 0 aliphatic carbocycles. The number of amides is 1. The normalized spacial score (nSPS) is 10.5. The molecule has 4 nitrogen and oxygen atoms in total. The van der Waals surface area contributed by atoms with Gasteiger partial charge in [0.1, 0.15) is 5.82 Å². The van der Waals surface area contributed by atoms with E-state index in [1.54, 1.807) is 24.3 Å². The van der Waals surface area contributed by atoms with Crippen molar-refractivity contribution in [2.45, 2.75) is 0 Å². The van der Waals surface area contributed by atoms with Gasteiger partial charge in [0.25, 0.3) is 0 Å². The van der Waals surface area contributed by atoms with E-state index in [2.05, 4.69) is 15.3 Å². The molecule has 102 valence electrons. The van der Waals surface area contributed by atoms with Crippen molar-refractivity contribution < 1.29 is 14.0 Å². The molecule has 0 aliphatic heterocycles. The molecule has 0 aromatic heterocycles. The van der Waals surface area contributed by atoms with Gasteiger partial charge in [-0.3, -0.25) is 10.2 Å². The highest BCUT2D eigenvalue weighted by Crippen LogP contribution is 2.14. The second kappa shape index (κ2) is 6.68. The van der Waals surface area contributed by atoms with Crippen LogP contribution in [0.15, 0.2) is 53.7 Å². The summed E-state index contributed by atoms with van der Waals surface area (Å²) in [5.74, 6) is -0.346. The van der Waals surface area contributed by atoms with E-state index in [-0.39, 0.29) is 5.82 Å². The Labute approximate surface area is 119 Å². The number of benzene rings is 2. The second-order valence-electron chi connectivity index (χ2n) is 3.80. The van der Waals surface area contributed by atoms with Crippen LogP contribution in [0.25, 0.3) is 0 Å². The molecule has 0 bridgehead atoms. The average Bonchev–Trinajstić information content (AvgIpc) is 2.41. The van der Waals surface area contributed by atoms with Crippen LogP contribution in [0, 0.1) is 5.82 Å². The number of oxime groups is 1. The fourth-order valence-electron chi connectivity index (χ4n) is 1.39. The lowest BCUT2D eigenvalue weighted by molar-refractivity contribution is 0.167. The standard InChI is InChI=1S/C14H10ClFN2O2/c15-11-2-1-3-13(8-11)18-14(19)20-17-9-10-4-6-12(16)7-5-10/h1-9H,(H,18,19)/b17-9-. The quantitative estimate of drug-likeness (QED) is 0.527. The molecule has 0 radical (unpaired) electrons. The minimum atomic E-state index is -0.745. The minimum Gasteiger partial charge on any atom is -0.298 e. The van der Waals surface area contributed by atoms with Gasteiger partial charge in [0.05, 0.1) is 6.21 Å². The topological polar surface area (TPSA) is 50.7 Å². The lowest BCUT2D eigenvalue weighted by atomic mass is 10.2. The van der Waals surface area contributed by atoms with E-state index in [4.69, 9.17) is 11.6 Å². The fourth-order valence-corrected chi connectivity index (χ4v) is 1.58. The molecule has 2 rings (SSSR count). The van der Waals surface area contributed by atoms with Gasteiger partial charge in [0.2, 0.25) is 0 Å². The molecule has 1 amide bonds. The van der Waals surface area contributed by atoms with Gasteiger partial charge in [-0.2, -0.15) is 0 Å². The number of rotatable bonds is 3. The van der Waals surface area contributed by atoms with Crippen LogP contribution in [0.4, 0.5) is 14.9 Å². The largest absolute Gasteiger partial charge is 0.437 e. The Bertz CT molecular complexity index is 629. The third-order valence-electron chi connectivity index (χ3n) is 2.28. The van der Waals surface area contributed by atoms with Crippen LogP contribution < -0.4 is 5.32 Å². The van der Waals surface area contributed by atoms with E-state index in [1.165, 1.54) is 30.5 Å². The Morgan fingerprint density at radius 3 is 2.70 bits per heavy atom. The van der Waals surface area contributed by atoms with Crippen molar-refractivity contribution in [3.05, 3.63) is 64.9 Å². The Morgan fingerprint density at radius 1 is 1.25 bits per heavy atom. The maximum absolute atomic E-state index is 12.7. The van der Waals surface area contributed by atoms with Gasteiger partial charge in [0.15, 0.2) is 0 Å². The summed E-state index contributed by atoms with van der Waals surface area (Å²) in [5.41, 5.74) is 1.11. The molecule has 0 unspecified atom stereocenters. The first-order chi connectivity index (χ1) is 9.63. The van der Waals surface area contributed by atoms with Gasteiger partial charge in [-0.25, -0.2) is 9.18 Å². The molecule has 20 heavy (non-hydrogen) atoms. The third-order valence-corrected chi connectivity index (χ3v) is 2.51. The van der Waals surface area contributed by atoms with Crippen LogP contribution in [0.5, 0.6) is 0 Å². The first kappa shape index (κ1) is 14.0. The maximum Gasteiger partial charge on any atom is 0.437 e. The molecule has 0 heterocycles. The third kappa shape index (κ3) is 4.37. The molecule has 2 aromatic rings. The molecule has 0 spiro atoms. The lowest BCUT2D eigenvalue weighted by Crippen LogP contribution is -2.10. The molecule has 1 N–H and O–H groups in total. The van der Waals surface area contributed by atoms with Crippen LogP contribution in [-0.2, 0) is 4.84 Å². The van der Waals surface area contributed by atoms with E-state index in [1.807, 2.05) is 0 Å². The summed E-state index contributed by atoms with van der Waals surface area (Å²) in [5, 5.41) is 6.45. The van der Waals surface area contributed by atoms with Gasteiger partial charge in [-0.1, -0.05) is 35.0 Å². The highest BCUT2D eigenvalue weighted by molar-refractivity contribution is 6.30. The Morgan fingerprint density at radius 2 is 2.00 bits per heavy atom. The van der Waals surface area contributed by atoms with Gasteiger partial charge in [0, 0.05) is 10.7 Å². The molecule has 0 fully saturated rings. The summed E-state index contributed by atoms with van der Waals surface area (Å²) in [7, 11) is 0. The minimum absolute atomic E-state index is 0.346. The Balaban J connectivity index is 1.87. The van der Waals surface area contributed by atoms with E-state index < -0.39 is 6.09 Å². The number of hydrogen-bond donors (Lipinski definition) is 1. The molecule has 2 aromatic carbocycles. The van der Waals surface area contributed by atoms with Crippen LogP contribution in [0.1, 0.15) is 5.56 Å². The van der Waals surface area contributed by atoms with E-state index >= 15 is 0 Å². The summed E-state index contributed by atoms with van der Waals surface area (Å²) in [6.45, 7) is 0. The SMILES string of the molecule is O=C(Nc1cccc(Cl)c1)O/N=C\c1ccc(F)cc1. The Kier molecular flexibility index (Phi) is 4.68. The first-order valence-electron chi connectivity index (χ1n) is 5.66. The predicted molar refractivity (Wildman–Crippen MR) is 75.5 cm³/mol. The zero-order chi connectivity index (χ0) is 14.4. The van der Waals surface area contributed by atoms with E-state index in [0.29, 0.717) is 16.3 Å². The maximum atomic E-state index is 12.7. The summed E-state index contributed by atoms with van der Waals surface area (Å²) in [6, 6.07) is 12.2. The summed E-state index contributed by atoms with van der Waals surface area (Å²) >= 11 is 5.77. The van der Waals surface area contributed by atoms with Crippen molar-refractivity contribution in [1.29, 1.82) is 0 Å². The zero-order valence-corrected chi connectivity index (χ0v) is 11.0. The monoisotopic (exact) mass is 292 g/mol. The zero-order valence-electron chi connectivity index (χ0n) is 10.2. The van der Waals surface area contributed by atoms with Gasteiger partial charge < -0.3 is 0 Å². The fraction of sp³-hybridized carbons (Fsp3) is 0. The van der Waals surface area contributed by atoms with Gasteiger partial charge in [-0.15, -0.1) is 0 Å². The Hall–Kier alpha value is -2.40. The van der Waals surface area contributed by atoms with Crippen LogP contribution in [-0.4, -0.2) is 12.3 Å². The van der Waals surface area contributed by atoms with Crippen molar-refractivity contribution in [1.82, 2.24) is 0 Å². The number of nitrogens with zero attached hydrogens (tertiary/aromatic N) is 1. The van der Waals surface area contributed by atoms with Crippen molar-refractivity contribution >= 4 is 29.6 Å². The van der Waals surface area contributed by atoms with E-state index in [0.717, 1.165) is 0 Å². The number of halogens is 2. The summed E-state index contributed by atoms with van der Waals surface area (Å²) < 4.78 is 12.7. The molecule has 6 heteroatoms. The van der Waals surface area contributed by atoms with Gasteiger partial charge >= 0.3 is 6.09 Å². The van der Waals surface area contributed by atoms with Crippen LogP contribution in [0.3, 0.4) is 0 Å². The highest BCUT2D eigenvalue weighted by Gasteiger charge is 2.02. The second-order valence-corrected chi connectivity index (χ2v) is 4.24. The lowest BCUT2D eigenvalue weighted by Gasteiger charge is -2.02. The number of nitrogens with one attached hydrogen (secondary N) is 1. The van der Waals surface area contributed by atoms with Crippen molar-refractivity contribution in [3.8, 4) is 0 Å². The first-order valence-corrected chi connectivity index (χ1v) is 6.04. The average molecular weight is 293 g/mol. The molecule has 0 saturated heterocycles. The molecular weight excluding hydrogens is 283 g/mol. The summed E-state index contributed by atoms with van der Waals surface area (Å²) in [4.78, 5) is 16.0. The molecule has 0 aliphatic rings. The summed E-state index contributed by atoms with van der Waals surface area (Å²) in [6.07, 6.45) is 0.558. The van der Waals surface area contributed by atoms with E-state index in [9.17, 15) is 9.18 Å².